The lowest BCUT2D eigenvalue weighted by atomic mass is 9.95. The molecule has 5 nitrogen and oxygen atoms in total. The predicted molar refractivity (Wildman–Crippen MR) is 83.5 cm³/mol. The molecule has 1 aromatic heterocycles. The number of nitrogens with one attached hydrogen (secondary N) is 2. The van der Waals surface area contributed by atoms with E-state index in [1.165, 1.54) is 0 Å². The Kier molecular flexibility index (Phi) is 5.20. The number of para-hydroxylation sites is 1. The Hall–Kier alpha value is -1.59. The zero-order chi connectivity index (χ0) is 13.9. The van der Waals surface area contributed by atoms with Crippen molar-refractivity contribution in [3.05, 3.63) is 30.0 Å². The Morgan fingerprint density at radius 2 is 2.29 bits per heavy atom. The molecule has 0 spiro atoms. The van der Waals surface area contributed by atoms with Gasteiger partial charge in [0.2, 0.25) is 5.91 Å². The Labute approximate surface area is 129 Å². The van der Waals surface area contributed by atoms with Crippen LogP contribution in [0.4, 0.5) is 0 Å². The first-order chi connectivity index (χ1) is 9.74. The van der Waals surface area contributed by atoms with E-state index in [-0.39, 0.29) is 30.8 Å². The van der Waals surface area contributed by atoms with E-state index in [0.29, 0.717) is 11.6 Å². The predicted octanol–water partition coefficient (Wildman–Crippen LogP) is 1.91. The minimum atomic E-state index is 0. The molecule has 2 aromatic rings. The van der Waals surface area contributed by atoms with Crippen LogP contribution in [-0.4, -0.2) is 30.2 Å². The van der Waals surface area contributed by atoms with Crippen molar-refractivity contribution in [3.8, 4) is 0 Å². The van der Waals surface area contributed by atoms with Crippen LogP contribution in [-0.2, 0) is 11.2 Å². The zero-order valence-corrected chi connectivity index (χ0v) is 12.8. The maximum atomic E-state index is 12.2. The van der Waals surface area contributed by atoms with Crippen LogP contribution < -0.4 is 10.6 Å². The molecular weight excluding hydrogens is 290 g/mol. The van der Waals surface area contributed by atoms with E-state index in [2.05, 4.69) is 22.7 Å². The lowest BCUT2D eigenvalue weighted by molar-refractivity contribution is -0.121. The Bertz CT molecular complexity index is 614. The standard InChI is InChI=1S/C15H19N3O2.ClH/c1-10-9-16-7-6-12(10)17-15(19)8-13-11-4-2-3-5-14(11)20-18-13;/h2-5,10,12,16H,6-9H2,1H3,(H,17,19);1H. The summed E-state index contributed by atoms with van der Waals surface area (Å²) >= 11 is 0. The maximum Gasteiger partial charge on any atom is 0.226 e. The molecule has 0 saturated carbocycles. The van der Waals surface area contributed by atoms with Gasteiger partial charge in [0.15, 0.2) is 5.58 Å². The van der Waals surface area contributed by atoms with Crippen LogP contribution in [0.15, 0.2) is 28.8 Å². The number of aromatic nitrogens is 1. The number of piperidine rings is 1. The molecule has 1 aromatic carbocycles. The monoisotopic (exact) mass is 309 g/mol. The van der Waals surface area contributed by atoms with Gasteiger partial charge in [-0.1, -0.05) is 24.2 Å². The normalized spacial score (nSPS) is 21.8. The average Bonchev–Trinajstić information content (AvgIpc) is 2.85. The Morgan fingerprint density at radius 1 is 1.48 bits per heavy atom. The summed E-state index contributed by atoms with van der Waals surface area (Å²) in [7, 11) is 0. The van der Waals surface area contributed by atoms with E-state index in [0.717, 1.165) is 30.5 Å². The van der Waals surface area contributed by atoms with Crippen LogP contribution in [0.5, 0.6) is 0 Å². The number of fused-ring (bicyclic) bond motifs is 1. The molecule has 2 heterocycles. The Balaban J connectivity index is 0.00000161. The first kappa shape index (κ1) is 15.8. The molecular formula is C15H20ClN3O2. The van der Waals surface area contributed by atoms with Gasteiger partial charge >= 0.3 is 0 Å². The van der Waals surface area contributed by atoms with Crippen LogP contribution in [0.3, 0.4) is 0 Å². The minimum absolute atomic E-state index is 0. The number of carbonyl (C=O) groups excluding carboxylic acids is 1. The first-order valence-corrected chi connectivity index (χ1v) is 7.07. The number of hydrogen-bond donors (Lipinski definition) is 2. The number of benzene rings is 1. The molecule has 1 fully saturated rings. The smallest absolute Gasteiger partial charge is 0.226 e. The van der Waals surface area contributed by atoms with Crippen molar-refractivity contribution in [2.24, 2.45) is 5.92 Å². The van der Waals surface area contributed by atoms with Crippen molar-refractivity contribution in [1.82, 2.24) is 15.8 Å². The molecule has 0 radical (unpaired) electrons. The van der Waals surface area contributed by atoms with Crippen molar-refractivity contribution < 1.29 is 9.32 Å². The van der Waals surface area contributed by atoms with Crippen molar-refractivity contribution in [2.75, 3.05) is 13.1 Å². The number of halogens is 1. The largest absolute Gasteiger partial charge is 0.356 e. The van der Waals surface area contributed by atoms with Gasteiger partial charge in [0, 0.05) is 11.4 Å². The molecule has 6 heteroatoms. The zero-order valence-electron chi connectivity index (χ0n) is 12.0. The molecule has 21 heavy (non-hydrogen) atoms. The summed E-state index contributed by atoms with van der Waals surface area (Å²) in [5.74, 6) is 0.476. The van der Waals surface area contributed by atoms with E-state index < -0.39 is 0 Å². The molecule has 1 amide bonds. The van der Waals surface area contributed by atoms with Crippen LogP contribution in [0, 0.1) is 5.92 Å². The lowest BCUT2D eigenvalue weighted by Crippen LogP contribution is -2.48. The third-order valence-electron chi connectivity index (χ3n) is 3.91. The van der Waals surface area contributed by atoms with Gasteiger partial charge in [0.1, 0.15) is 5.69 Å². The molecule has 114 valence electrons. The molecule has 1 saturated heterocycles. The van der Waals surface area contributed by atoms with Gasteiger partial charge in [-0.15, -0.1) is 12.4 Å². The quantitative estimate of drug-likeness (QED) is 0.909. The van der Waals surface area contributed by atoms with Crippen molar-refractivity contribution in [1.29, 1.82) is 0 Å². The second kappa shape index (κ2) is 6.91. The molecule has 0 bridgehead atoms. The van der Waals surface area contributed by atoms with Gasteiger partial charge in [-0.3, -0.25) is 4.79 Å². The highest BCUT2D eigenvalue weighted by atomic mass is 35.5. The van der Waals surface area contributed by atoms with E-state index in [9.17, 15) is 4.79 Å². The third-order valence-corrected chi connectivity index (χ3v) is 3.91. The number of carbonyl (C=O) groups is 1. The highest BCUT2D eigenvalue weighted by Crippen LogP contribution is 2.18. The van der Waals surface area contributed by atoms with E-state index in [1.54, 1.807) is 0 Å². The summed E-state index contributed by atoms with van der Waals surface area (Å²) in [5, 5.41) is 11.4. The molecule has 0 aliphatic carbocycles. The van der Waals surface area contributed by atoms with Crippen LogP contribution >= 0.6 is 12.4 Å². The van der Waals surface area contributed by atoms with E-state index >= 15 is 0 Å². The van der Waals surface area contributed by atoms with Crippen LogP contribution in [0.2, 0.25) is 0 Å². The number of rotatable bonds is 3. The van der Waals surface area contributed by atoms with Gasteiger partial charge in [0.25, 0.3) is 0 Å². The topological polar surface area (TPSA) is 67.2 Å². The number of nitrogens with zero attached hydrogens (tertiary/aromatic N) is 1. The van der Waals surface area contributed by atoms with E-state index in [1.807, 2.05) is 24.3 Å². The minimum Gasteiger partial charge on any atom is -0.356 e. The molecule has 1 aliphatic rings. The lowest BCUT2D eigenvalue weighted by Gasteiger charge is -2.30. The summed E-state index contributed by atoms with van der Waals surface area (Å²) < 4.78 is 5.22. The maximum absolute atomic E-state index is 12.2. The van der Waals surface area contributed by atoms with Gasteiger partial charge in [-0.05, 0) is 37.6 Å². The van der Waals surface area contributed by atoms with Crippen molar-refractivity contribution >= 4 is 29.3 Å². The fraction of sp³-hybridized carbons (Fsp3) is 0.467. The number of hydrogen-bond acceptors (Lipinski definition) is 4. The van der Waals surface area contributed by atoms with E-state index in [4.69, 9.17) is 4.52 Å². The summed E-state index contributed by atoms with van der Waals surface area (Å²) in [5.41, 5.74) is 1.44. The molecule has 1 aliphatic heterocycles. The highest BCUT2D eigenvalue weighted by Gasteiger charge is 2.23. The Morgan fingerprint density at radius 3 is 3.10 bits per heavy atom. The van der Waals surface area contributed by atoms with Gasteiger partial charge in [-0.2, -0.15) is 0 Å². The van der Waals surface area contributed by atoms with Gasteiger partial charge in [-0.25, -0.2) is 0 Å². The third kappa shape index (κ3) is 3.54. The van der Waals surface area contributed by atoms with Crippen LogP contribution in [0.25, 0.3) is 11.0 Å². The summed E-state index contributed by atoms with van der Waals surface area (Å²) in [6.07, 6.45) is 1.25. The fourth-order valence-electron chi connectivity index (χ4n) is 2.70. The molecule has 3 rings (SSSR count). The van der Waals surface area contributed by atoms with Crippen molar-refractivity contribution in [3.63, 3.8) is 0 Å². The second-order valence-corrected chi connectivity index (χ2v) is 5.45. The van der Waals surface area contributed by atoms with Gasteiger partial charge < -0.3 is 15.2 Å². The number of amides is 1. The summed E-state index contributed by atoms with van der Waals surface area (Å²) in [6, 6.07) is 7.87. The van der Waals surface area contributed by atoms with Crippen LogP contribution in [0.1, 0.15) is 19.0 Å². The summed E-state index contributed by atoms with van der Waals surface area (Å²) in [6.45, 7) is 4.07. The molecule has 2 unspecified atom stereocenters. The fourth-order valence-corrected chi connectivity index (χ4v) is 2.70. The van der Waals surface area contributed by atoms with Gasteiger partial charge in [0.05, 0.1) is 6.42 Å². The van der Waals surface area contributed by atoms with Crippen molar-refractivity contribution in [2.45, 2.75) is 25.8 Å². The average molecular weight is 310 g/mol. The summed E-state index contributed by atoms with van der Waals surface area (Å²) in [4.78, 5) is 12.2. The highest BCUT2D eigenvalue weighted by molar-refractivity contribution is 5.86. The molecule has 2 N–H and O–H groups in total. The second-order valence-electron chi connectivity index (χ2n) is 5.45. The first-order valence-electron chi connectivity index (χ1n) is 7.07. The SMILES string of the molecule is CC1CNCCC1NC(=O)Cc1noc2ccccc12.Cl. The molecule has 2 atom stereocenters.